The summed E-state index contributed by atoms with van der Waals surface area (Å²) in [7, 11) is 4.34. The number of carbonyl (C=O) groups excluding carboxylic acids is 4. The molecule has 0 saturated heterocycles. The maximum Gasteiger partial charge on any atom is 0.342 e. The van der Waals surface area contributed by atoms with Crippen LogP contribution in [-0.4, -0.2) is 114 Å². The molecule has 2 aliphatic heterocycles. The Labute approximate surface area is 318 Å². The second-order valence-electron chi connectivity index (χ2n) is 12.6. The van der Waals surface area contributed by atoms with Gasteiger partial charge in [-0.15, -0.1) is 0 Å². The summed E-state index contributed by atoms with van der Waals surface area (Å²) in [6.45, 7) is 3.24. The van der Waals surface area contributed by atoms with E-state index >= 15 is 0 Å². The second kappa shape index (κ2) is 21.5. The van der Waals surface area contributed by atoms with Gasteiger partial charge in [0.2, 0.25) is 0 Å². The molecule has 5 N–H and O–H groups in total. The third kappa shape index (κ3) is 13.5. The highest BCUT2D eigenvalue weighted by molar-refractivity contribution is 5.98. The number of hydrogen-bond donors (Lipinski definition) is 5. The Morgan fingerprint density at radius 1 is 0.655 bits per heavy atom. The first kappa shape index (κ1) is 44.1. The van der Waals surface area contributed by atoms with E-state index in [2.05, 4.69) is 0 Å². The Kier molecular flexibility index (Phi) is 17.3. The van der Waals surface area contributed by atoms with Crippen LogP contribution in [0.4, 0.5) is 0 Å². The number of aromatic hydroxyl groups is 1. The van der Waals surface area contributed by atoms with Gasteiger partial charge in [-0.05, 0) is 49.3 Å². The third-order valence-corrected chi connectivity index (χ3v) is 8.14. The van der Waals surface area contributed by atoms with Gasteiger partial charge >= 0.3 is 11.9 Å². The lowest BCUT2D eigenvalue weighted by atomic mass is 10.0. The first-order valence-electron chi connectivity index (χ1n) is 17.3. The molecule has 0 aliphatic carbocycles. The molecule has 2 aromatic carbocycles. The van der Waals surface area contributed by atoms with Gasteiger partial charge < -0.3 is 54.0 Å². The number of carbonyl (C=O) groups is 4. The highest BCUT2D eigenvalue weighted by Gasteiger charge is 2.25. The fourth-order valence-electron chi connectivity index (χ4n) is 5.24. The minimum Gasteiger partial charge on any atom is -0.507 e. The Bertz CT molecular complexity index is 1780. The summed E-state index contributed by atoms with van der Waals surface area (Å²) < 4.78 is 31.6. The van der Waals surface area contributed by atoms with Crippen molar-refractivity contribution in [2.24, 2.45) is 0 Å². The van der Waals surface area contributed by atoms with Crippen LogP contribution < -0.4 is 14.2 Å². The van der Waals surface area contributed by atoms with Gasteiger partial charge in [0.1, 0.15) is 58.5 Å². The number of phenols is 1. The van der Waals surface area contributed by atoms with E-state index in [0.717, 1.165) is 0 Å². The number of aliphatic hydroxyl groups is 4. The smallest absolute Gasteiger partial charge is 0.342 e. The Morgan fingerprint density at radius 3 is 1.58 bits per heavy atom. The third-order valence-electron chi connectivity index (χ3n) is 8.14. The largest absolute Gasteiger partial charge is 0.507 e. The van der Waals surface area contributed by atoms with Crippen molar-refractivity contribution >= 4 is 35.7 Å². The monoisotopic (exact) mass is 768 g/mol. The topological polar surface area (TPSA) is 225 Å². The lowest BCUT2D eigenvalue weighted by Crippen LogP contribution is -2.24. The van der Waals surface area contributed by atoms with Crippen molar-refractivity contribution in [3.05, 3.63) is 83.0 Å². The normalized spacial score (nSPS) is 26.1. The maximum absolute atomic E-state index is 12.9. The zero-order chi connectivity index (χ0) is 40.7. The van der Waals surface area contributed by atoms with Crippen molar-refractivity contribution in [1.29, 1.82) is 0 Å². The summed E-state index contributed by atoms with van der Waals surface area (Å²) in [5.41, 5.74) is 0.765. The zero-order valence-electron chi connectivity index (χ0n) is 31.2. The second-order valence-corrected chi connectivity index (χ2v) is 12.6. The molecule has 2 unspecified atom stereocenters. The number of phenolic OH excluding ortho intramolecular Hbond substituents is 1. The number of aliphatic hydroxyl groups excluding tert-OH is 4. The van der Waals surface area contributed by atoms with Gasteiger partial charge in [0, 0.05) is 44.9 Å². The summed E-state index contributed by atoms with van der Waals surface area (Å²) in [4.78, 5) is 49.0. The molecule has 0 bridgehead atoms. The lowest BCUT2D eigenvalue weighted by Gasteiger charge is -2.18. The molecule has 0 radical (unpaired) electrons. The van der Waals surface area contributed by atoms with Gasteiger partial charge in [-0.3, -0.25) is 9.59 Å². The summed E-state index contributed by atoms with van der Waals surface area (Å²) in [5.74, 6) is -1.78. The quantitative estimate of drug-likeness (QED) is 0.217. The number of esters is 2. The number of benzene rings is 2. The first-order valence-corrected chi connectivity index (χ1v) is 17.3. The lowest BCUT2D eigenvalue weighted by molar-refractivity contribution is -0.124. The molecule has 0 spiro atoms. The first-order chi connectivity index (χ1) is 26.2. The highest BCUT2D eigenvalue weighted by atomic mass is 16.7. The molecule has 4 rings (SSSR count). The molecule has 15 nitrogen and oxygen atoms in total. The standard InChI is InChI=1S/C21H26O8.C19H22O7/c1-13-5-4-6-17(23)18(24)10-15(22)8-7-14-9-16(27-3)11-19(28-12-26-2)20(14)21(25)29-13;1-11-4-3-5-15(21)16(22)9-13(20)7-6-12-8-14(25-2)10-17(23)18(12)19(24)26-11/h4,6-9,11,13,15,18,22,24H,5,10,12H2,1-3H3;3,5-8,10-11,13,16,20,22-23H,4,9H2,1-2H3/b6-4-,8-7+;5-3-,7-6+/t13-,15?,18-;11-,13?,16-/m00/s1. The Hall–Kier alpha value is -5.32. The van der Waals surface area contributed by atoms with Crippen LogP contribution in [0.1, 0.15) is 71.4 Å². The number of fused-ring (bicyclic) bond motifs is 2. The van der Waals surface area contributed by atoms with E-state index in [9.17, 15) is 44.7 Å². The van der Waals surface area contributed by atoms with Crippen LogP contribution in [0.5, 0.6) is 23.0 Å². The van der Waals surface area contributed by atoms with E-state index in [-0.39, 0.29) is 60.7 Å². The molecule has 0 saturated carbocycles. The molecule has 15 heteroatoms. The van der Waals surface area contributed by atoms with Crippen molar-refractivity contribution in [3.63, 3.8) is 0 Å². The van der Waals surface area contributed by atoms with Crippen LogP contribution in [0.25, 0.3) is 12.2 Å². The van der Waals surface area contributed by atoms with Crippen LogP contribution in [0.15, 0.2) is 60.7 Å². The Balaban J connectivity index is 0.000000297. The van der Waals surface area contributed by atoms with Crippen molar-refractivity contribution in [1.82, 2.24) is 0 Å². The summed E-state index contributed by atoms with van der Waals surface area (Å²) in [6, 6.07) is 5.94. The van der Waals surface area contributed by atoms with Crippen LogP contribution in [0, 0.1) is 0 Å². The molecular formula is C40H48O15. The van der Waals surface area contributed by atoms with Gasteiger partial charge in [-0.1, -0.05) is 36.5 Å². The van der Waals surface area contributed by atoms with E-state index in [1.807, 2.05) is 0 Å². The average Bonchev–Trinajstić information content (AvgIpc) is 3.13. The number of ether oxygens (including phenoxy) is 6. The van der Waals surface area contributed by atoms with E-state index in [1.54, 1.807) is 26.0 Å². The molecule has 0 aromatic heterocycles. The summed E-state index contributed by atoms with van der Waals surface area (Å²) >= 11 is 0. The summed E-state index contributed by atoms with van der Waals surface area (Å²) in [6.07, 6.45) is 5.24. The van der Waals surface area contributed by atoms with Gasteiger partial charge in [0.25, 0.3) is 0 Å². The van der Waals surface area contributed by atoms with Crippen LogP contribution in [0.3, 0.4) is 0 Å². The van der Waals surface area contributed by atoms with Gasteiger partial charge in [-0.2, -0.15) is 0 Å². The predicted molar refractivity (Wildman–Crippen MR) is 199 cm³/mol. The van der Waals surface area contributed by atoms with Gasteiger partial charge in [-0.25, -0.2) is 9.59 Å². The zero-order valence-corrected chi connectivity index (χ0v) is 31.2. The number of rotatable bonds is 5. The fraction of sp³-hybridized carbons (Fsp3) is 0.400. The minimum absolute atomic E-state index is 0.0567. The molecule has 2 aliphatic rings. The SMILES string of the molecule is COCOc1cc(OC)cc2c1C(=O)O[C@@H](C)C/C=C\C(=O)[C@@H](O)CC(O)/C=C/2.COc1cc(O)c2c(c1)/C=C/C(O)C[C@H](O)C(=O)/C=C\C[C@H](C)OC2=O. The predicted octanol–water partition coefficient (Wildman–Crippen LogP) is 3.48. The molecular weight excluding hydrogens is 720 g/mol. The van der Waals surface area contributed by atoms with Crippen molar-refractivity contribution in [2.75, 3.05) is 28.1 Å². The molecule has 2 heterocycles. The molecule has 0 amide bonds. The number of ketones is 2. The van der Waals surface area contributed by atoms with Crippen LogP contribution >= 0.6 is 0 Å². The van der Waals surface area contributed by atoms with E-state index in [0.29, 0.717) is 17.1 Å². The molecule has 298 valence electrons. The van der Waals surface area contributed by atoms with Crippen LogP contribution in [-0.2, 0) is 23.8 Å². The average molecular weight is 769 g/mol. The molecule has 55 heavy (non-hydrogen) atoms. The number of methoxy groups -OCH3 is 3. The Morgan fingerprint density at radius 2 is 1.11 bits per heavy atom. The maximum atomic E-state index is 12.9. The van der Waals surface area contributed by atoms with Gasteiger partial charge in [0.05, 0.1) is 26.4 Å². The molecule has 6 atom stereocenters. The molecule has 2 aromatic rings. The van der Waals surface area contributed by atoms with Gasteiger partial charge in [0.15, 0.2) is 18.4 Å². The number of hydrogen-bond acceptors (Lipinski definition) is 15. The minimum atomic E-state index is -1.34. The van der Waals surface area contributed by atoms with E-state index < -0.39 is 60.1 Å². The number of cyclic esters (lactones) is 2. The summed E-state index contributed by atoms with van der Waals surface area (Å²) in [5, 5.41) is 50.2. The van der Waals surface area contributed by atoms with Crippen molar-refractivity contribution in [2.45, 2.75) is 76.2 Å². The molecule has 0 fully saturated rings. The fourth-order valence-corrected chi connectivity index (χ4v) is 5.24. The van der Waals surface area contributed by atoms with E-state index in [4.69, 9.17) is 28.4 Å². The highest BCUT2D eigenvalue weighted by Crippen LogP contribution is 2.32. The van der Waals surface area contributed by atoms with Crippen molar-refractivity contribution in [3.8, 4) is 23.0 Å². The van der Waals surface area contributed by atoms with Crippen molar-refractivity contribution < 1.29 is 73.1 Å². The van der Waals surface area contributed by atoms with E-state index in [1.165, 1.54) is 82.1 Å². The van der Waals surface area contributed by atoms with Crippen LogP contribution in [0.2, 0.25) is 0 Å².